The van der Waals surface area contributed by atoms with Gasteiger partial charge in [-0.15, -0.1) is 0 Å². The van der Waals surface area contributed by atoms with Gasteiger partial charge >= 0.3 is 0 Å². The number of nitrogens with one attached hydrogen (secondary N) is 1. The standard InChI is InChI=1S/C13H26N2/c1-12(2)11-13(5-7-14-8-6-13)15-9-3-4-10-15/h12,14H,3-11H2,1-2H3. The number of rotatable bonds is 3. The Bertz CT molecular complexity index is 189. The summed E-state index contributed by atoms with van der Waals surface area (Å²) in [5, 5.41) is 3.51. The molecule has 0 aromatic rings. The molecule has 15 heavy (non-hydrogen) atoms. The van der Waals surface area contributed by atoms with Gasteiger partial charge in [-0.2, -0.15) is 0 Å². The van der Waals surface area contributed by atoms with E-state index in [4.69, 9.17) is 0 Å². The molecular weight excluding hydrogens is 184 g/mol. The number of hydrogen-bond acceptors (Lipinski definition) is 2. The first-order chi connectivity index (χ1) is 7.23. The van der Waals surface area contributed by atoms with E-state index in [-0.39, 0.29) is 0 Å². The summed E-state index contributed by atoms with van der Waals surface area (Å²) in [5.41, 5.74) is 0.552. The fourth-order valence-electron chi connectivity index (χ4n) is 3.49. The Balaban J connectivity index is 2.05. The van der Waals surface area contributed by atoms with E-state index in [1.54, 1.807) is 0 Å². The highest BCUT2D eigenvalue weighted by molar-refractivity contribution is 4.96. The van der Waals surface area contributed by atoms with Crippen molar-refractivity contribution in [1.29, 1.82) is 0 Å². The molecule has 0 spiro atoms. The van der Waals surface area contributed by atoms with E-state index in [0.717, 1.165) is 5.92 Å². The largest absolute Gasteiger partial charge is 0.317 e. The molecule has 2 heteroatoms. The topological polar surface area (TPSA) is 15.3 Å². The number of piperidine rings is 1. The normalized spacial score (nSPS) is 27.4. The minimum Gasteiger partial charge on any atom is -0.317 e. The van der Waals surface area contributed by atoms with Gasteiger partial charge in [0.15, 0.2) is 0 Å². The molecule has 88 valence electrons. The van der Waals surface area contributed by atoms with Crippen LogP contribution in [-0.4, -0.2) is 36.6 Å². The maximum Gasteiger partial charge on any atom is 0.0236 e. The molecule has 0 unspecified atom stereocenters. The van der Waals surface area contributed by atoms with E-state index in [1.165, 1.54) is 58.3 Å². The van der Waals surface area contributed by atoms with Crippen molar-refractivity contribution in [2.24, 2.45) is 5.92 Å². The summed E-state index contributed by atoms with van der Waals surface area (Å²) in [7, 11) is 0. The summed E-state index contributed by atoms with van der Waals surface area (Å²) < 4.78 is 0. The first-order valence-electron chi connectivity index (χ1n) is 6.69. The third-order valence-electron chi connectivity index (χ3n) is 4.10. The van der Waals surface area contributed by atoms with Gasteiger partial charge in [-0.25, -0.2) is 0 Å². The first-order valence-corrected chi connectivity index (χ1v) is 6.69. The maximum atomic E-state index is 3.51. The molecule has 0 radical (unpaired) electrons. The number of nitrogens with zero attached hydrogens (tertiary/aromatic N) is 1. The zero-order chi connectivity index (χ0) is 10.7. The zero-order valence-electron chi connectivity index (χ0n) is 10.4. The molecule has 2 rings (SSSR count). The Kier molecular flexibility index (Phi) is 3.68. The molecule has 0 aliphatic carbocycles. The van der Waals surface area contributed by atoms with Gasteiger partial charge in [-0.1, -0.05) is 13.8 Å². The molecule has 0 atom stereocenters. The molecule has 2 nitrogen and oxygen atoms in total. The molecule has 0 amide bonds. The van der Waals surface area contributed by atoms with Crippen LogP contribution >= 0.6 is 0 Å². The second-order valence-corrected chi connectivity index (χ2v) is 5.77. The van der Waals surface area contributed by atoms with Crippen molar-refractivity contribution in [1.82, 2.24) is 10.2 Å². The lowest BCUT2D eigenvalue weighted by Crippen LogP contribution is -2.54. The Morgan fingerprint density at radius 3 is 2.27 bits per heavy atom. The molecule has 2 aliphatic rings. The van der Waals surface area contributed by atoms with Crippen molar-refractivity contribution in [3.05, 3.63) is 0 Å². The van der Waals surface area contributed by atoms with E-state index < -0.39 is 0 Å². The third kappa shape index (κ3) is 2.54. The van der Waals surface area contributed by atoms with Crippen LogP contribution in [0.2, 0.25) is 0 Å². The molecule has 0 aromatic carbocycles. The Hall–Kier alpha value is -0.0800. The van der Waals surface area contributed by atoms with Crippen molar-refractivity contribution in [3.63, 3.8) is 0 Å². The first kappa shape index (κ1) is 11.4. The Morgan fingerprint density at radius 1 is 1.13 bits per heavy atom. The van der Waals surface area contributed by atoms with Crippen LogP contribution in [0.4, 0.5) is 0 Å². The smallest absolute Gasteiger partial charge is 0.0236 e. The fourth-order valence-corrected chi connectivity index (χ4v) is 3.49. The lowest BCUT2D eigenvalue weighted by atomic mass is 9.79. The quantitative estimate of drug-likeness (QED) is 0.768. The van der Waals surface area contributed by atoms with Crippen molar-refractivity contribution >= 4 is 0 Å². The van der Waals surface area contributed by atoms with Gasteiger partial charge in [0, 0.05) is 5.54 Å². The molecule has 2 aliphatic heterocycles. The van der Waals surface area contributed by atoms with Gasteiger partial charge in [0.2, 0.25) is 0 Å². The summed E-state index contributed by atoms with van der Waals surface area (Å²) in [6.45, 7) is 9.91. The Labute approximate surface area is 94.4 Å². The molecule has 2 fully saturated rings. The third-order valence-corrected chi connectivity index (χ3v) is 4.10. The summed E-state index contributed by atoms with van der Waals surface area (Å²) in [4.78, 5) is 2.80. The predicted octanol–water partition coefficient (Wildman–Crippen LogP) is 2.25. The lowest BCUT2D eigenvalue weighted by molar-refractivity contribution is 0.0588. The molecular formula is C13H26N2. The van der Waals surface area contributed by atoms with Crippen LogP contribution in [0.1, 0.15) is 46.0 Å². The van der Waals surface area contributed by atoms with E-state index in [9.17, 15) is 0 Å². The lowest BCUT2D eigenvalue weighted by Gasteiger charge is -2.46. The monoisotopic (exact) mass is 210 g/mol. The van der Waals surface area contributed by atoms with E-state index in [0.29, 0.717) is 5.54 Å². The highest BCUT2D eigenvalue weighted by Gasteiger charge is 2.39. The van der Waals surface area contributed by atoms with Gasteiger partial charge in [-0.3, -0.25) is 4.90 Å². The van der Waals surface area contributed by atoms with Crippen LogP contribution < -0.4 is 5.32 Å². The second kappa shape index (κ2) is 4.84. The van der Waals surface area contributed by atoms with E-state index in [2.05, 4.69) is 24.1 Å². The summed E-state index contributed by atoms with van der Waals surface area (Å²) in [6.07, 6.45) is 6.98. The van der Waals surface area contributed by atoms with Crippen LogP contribution in [0.3, 0.4) is 0 Å². The Morgan fingerprint density at radius 2 is 1.73 bits per heavy atom. The van der Waals surface area contributed by atoms with Gasteiger partial charge in [-0.05, 0) is 64.2 Å². The molecule has 1 N–H and O–H groups in total. The highest BCUT2D eigenvalue weighted by atomic mass is 15.2. The molecule has 2 heterocycles. The van der Waals surface area contributed by atoms with Crippen LogP contribution in [0.25, 0.3) is 0 Å². The van der Waals surface area contributed by atoms with Crippen LogP contribution in [-0.2, 0) is 0 Å². The van der Waals surface area contributed by atoms with Crippen molar-refractivity contribution in [2.75, 3.05) is 26.2 Å². The molecule has 0 saturated carbocycles. The molecule has 0 aromatic heterocycles. The summed E-state index contributed by atoms with van der Waals surface area (Å²) in [6, 6.07) is 0. The average Bonchev–Trinajstić information content (AvgIpc) is 2.71. The van der Waals surface area contributed by atoms with E-state index in [1.807, 2.05) is 0 Å². The van der Waals surface area contributed by atoms with Crippen LogP contribution in [0, 0.1) is 5.92 Å². The predicted molar refractivity (Wildman–Crippen MR) is 65.1 cm³/mol. The highest BCUT2D eigenvalue weighted by Crippen LogP contribution is 2.35. The SMILES string of the molecule is CC(C)CC1(N2CCCC2)CCNCC1. The van der Waals surface area contributed by atoms with Crippen molar-refractivity contribution < 1.29 is 0 Å². The van der Waals surface area contributed by atoms with Crippen LogP contribution in [0.15, 0.2) is 0 Å². The number of hydrogen-bond donors (Lipinski definition) is 1. The van der Waals surface area contributed by atoms with Gasteiger partial charge < -0.3 is 5.32 Å². The fraction of sp³-hybridized carbons (Fsp3) is 1.00. The molecule has 0 bridgehead atoms. The zero-order valence-corrected chi connectivity index (χ0v) is 10.4. The van der Waals surface area contributed by atoms with Crippen molar-refractivity contribution in [3.8, 4) is 0 Å². The second-order valence-electron chi connectivity index (χ2n) is 5.77. The minimum atomic E-state index is 0.552. The summed E-state index contributed by atoms with van der Waals surface area (Å²) >= 11 is 0. The van der Waals surface area contributed by atoms with Gasteiger partial charge in [0.05, 0.1) is 0 Å². The van der Waals surface area contributed by atoms with Crippen molar-refractivity contribution in [2.45, 2.75) is 51.5 Å². The van der Waals surface area contributed by atoms with Gasteiger partial charge in [0.25, 0.3) is 0 Å². The minimum absolute atomic E-state index is 0.552. The van der Waals surface area contributed by atoms with Gasteiger partial charge in [0.1, 0.15) is 0 Å². The molecule has 2 saturated heterocycles. The van der Waals surface area contributed by atoms with E-state index >= 15 is 0 Å². The summed E-state index contributed by atoms with van der Waals surface area (Å²) in [5.74, 6) is 0.837. The average molecular weight is 210 g/mol. The maximum absolute atomic E-state index is 3.51. The number of likely N-dealkylation sites (tertiary alicyclic amines) is 1. The van der Waals surface area contributed by atoms with Crippen LogP contribution in [0.5, 0.6) is 0 Å².